The molecule has 1 amide bonds. The zero-order valence-corrected chi connectivity index (χ0v) is 11.1. The van der Waals surface area contributed by atoms with Crippen LogP contribution in [0, 0.1) is 17.8 Å². The van der Waals surface area contributed by atoms with Gasteiger partial charge in [0, 0.05) is 12.6 Å². The Labute approximate surface area is 103 Å². The van der Waals surface area contributed by atoms with E-state index < -0.39 is 11.9 Å². The lowest BCUT2D eigenvalue weighted by molar-refractivity contribution is -0.142. The van der Waals surface area contributed by atoms with Crippen LogP contribution in [0.15, 0.2) is 0 Å². The Morgan fingerprint density at radius 3 is 2.12 bits per heavy atom. The number of carboxylic acid groups (broad SMARTS) is 1. The van der Waals surface area contributed by atoms with Crippen LogP contribution in [0.5, 0.6) is 0 Å². The van der Waals surface area contributed by atoms with Gasteiger partial charge in [0.25, 0.3) is 0 Å². The molecule has 3 atom stereocenters. The number of nitrogens with two attached hydrogens (primary N) is 1. The first-order valence-corrected chi connectivity index (χ1v) is 6.02. The predicted octanol–water partition coefficient (Wildman–Crippen LogP) is 0.833. The quantitative estimate of drug-likeness (QED) is 0.618. The molecule has 0 aliphatic rings. The average Bonchev–Trinajstić information content (AvgIpc) is 2.23. The van der Waals surface area contributed by atoms with Crippen molar-refractivity contribution < 1.29 is 14.7 Å². The number of carbonyl (C=O) groups is 2. The van der Waals surface area contributed by atoms with Gasteiger partial charge < -0.3 is 16.2 Å². The lowest BCUT2D eigenvalue weighted by atomic mass is 9.95. The van der Waals surface area contributed by atoms with Gasteiger partial charge >= 0.3 is 5.97 Å². The number of aliphatic carboxylic acids is 1. The predicted molar refractivity (Wildman–Crippen MR) is 66.4 cm³/mol. The molecule has 0 spiro atoms. The van der Waals surface area contributed by atoms with Crippen molar-refractivity contribution in [3.8, 4) is 0 Å². The molecule has 0 aromatic heterocycles. The second-order valence-corrected chi connectivity index (χ2v) is 4.99. The maximum absolute atomic E-state index is 11.9. The van der Waals surface area contributed by atoms with Gasteiger partial charge in [0.05, 0.1) is 11.8 Å². The molecule has 4 N–H and O–H groups in total. The molecule has 0 saturated heterocycles. The van der Waals surface area contributed by atoms with Gasteiger partial charge in [-0.1, -0.05) is 13.8 Å². The van der Waals surface area contributed by atoms with E-state index in [0.29, 0.717) is 5.92 Å². The average molecular weight is 244 g/mol. The lowest BCUT2D eigenvalue weighted by Gasteiger charge is -2.22. The third kappa shape index (κ3) is 5.68. The van der Waals surface area contributed by atoms with Gasteiger partial charge in [0.2, 0.25) is 5.91 Å². The maximum atomic E-state index is 11.9. The molecule has 0 aliphatic heterocycles. The smallest absolute Gasteiger partial charge is 0.308 e. The van der Waals surface area contributed by atoms with E-state index in [1.165, 1.54) is 0 Å². The van der Waals surface area contributed by atoms with Crippen molar-refractivity contribution in [3.63, 3.8) is 0 Å². The highest BCUT2D eigenvalue weighted by Crippen LogP contribution is 2.12. The normalized spacial score (nSPS) is 16.4. The molecule has 0 saturated carbocycles. The molecule has 0 aromatic carbocycles. The molecule has 0 heterocycles. The summed E-state index contributed by atoms with van der Waals surface area (Å²) in [7, 11) is 0. The summed E-state index contributed by atoms with van der Waals surface area (Å²) in [5.74, 6) is -1.51. The van der Waals surface area contributed by atoms with Gasteiger partial charge in [-0.05, 0) is 26.2 Å². The molecule has 5 nitrogen and oxygen atoms in total. The largest absolute Gasteiger partial charge is 0.481 e. The summed E-state index contributed by atoms with van der Waals surface area (Å²) >= 11 is 0. The number of amides is 1. The van der Waals surface area contributed by atoms with Gasteiger partial charge in [-0.2, -0.15) is 0 Å². The maximum Gasteiger partial charge on any atom is 0.308 e. The van der Waals surface area contributed by atoms with Crippen LogP contribution in [-0.4, -0.2) is 29.6 Å². The third-order valence-electron chi connectivity index (χ3n) is 2.92. The van der Waals surface area contributed by atoms with E-state index in [9.17, 15) is 9.59 Å². The molecule has 0 rings (SSSR count). The van der Waals surface area contributed by atoms with Crippen molar-refractivity contribution in [1.82, 2.24) is 5.32 Å². The molecule has 17 heavy (non-hydrogen) atoms. The zero-order chi connectivity index (χ0) is 13.6. The molecule has 3 unspecified atom stereocenters. The van der Waals surface area contributed by atoms with Gasteiger partial charge in [-0.15, -0.1) is 0 Å². The number of nitrogens with one attached hydrogen (secondary N) is 1. The standard InChI is InChI=1S/C12H24N2O3/c1-7(2)5-10(6-13)11(15)14-9(4)8(3)12(16)17/h7-10H,5-6,13H2,1-4H3,(H,14,15)(H,16,17). The van der Waals surface area contributed by atoms with Crippen molar-refractivity contribution in [3.05, 3.63) is 0 Å². The Bertz CT molecular complexity index is 266. The molecule has 0 aromatic rings. The summed E-state index contributed by atoms with van der Waals surface area (Å²) in [6, 6.07) is -0.388. The van der Waals surface area contributed by atoms with Gasteiger partial charge in [-0.25, -0.2) is 0 Å². The monoisotopic (exact) mass is 244 g/mol. The molecule has 0 aliphatic carbocycles. The van der Waals surface area contributed by atoms with E-state index in [-0.39, 0.29) is 24.4 Å². The van der Waals surface area contributed by atoms with Crippen LogP contribution >= 0.6 is 0 Å². The Morgan fingerprint density at radius 2 is 1.76 bits per heavy atom. The van der Waals surface area contributed by atoms with E-state index >= 15 is 0 Å². The Morgan fingerprint density at radius 1 is 1.24 bits per heavy atom. The summed E-state index contributed by atoms with van der Waals surface area (Å²) in [5, 5.41) is 11.5. The summed E-state index contributed by atoms with van der Waals surface area (Å²) in [6.07, 6.45) is 0.719. The summed E-state index contributed by atoms with van der Waals surface area (Å²) in [5.41, 5.74) is 5.56. The minimum Gasteiger partial charge on any atom is -0.481 e. The fourth-order valence-electron chi connectivity index (χ4n) is 1.56. The minimum atomic E-state index is -0.911. The number of hydrogen-bond donors (Lipinski definition) is 3. The minimum absolute atomic E-state index is 0.151. The summed E-state index contributed by atoms with van der Waals surface area (Å²) < 4.78 is 0. The number of carboxylic acids is 1. The molecule has 100 valence electrons. The highest BCUT2D eigenvalue weighted by Gasteiger charge is 2.24. The van der Waals surface area contributed by atoms with Crippen molar-refractivity contribution in [2.75, 3.05) is 6.54 Å². The molecular weight excluding hydrogens is 220 g/mol. The Hall–Kier alpha value is -1.10. The van der Waals surface area contributed by atoms with Crippen LogP contribution in [-0.2, 0) is 9.59 Å². The van der Waals surface area contributed by atoms with Crippen molar-refractivity contribution in [2.24, 2.45) is 23.5 Å². The van der Waals surface area contributed by atoms with Gasteiger partial charge in [-0.3, -0.25) is 9.59 Å². The Balaban J connectivity index is 4.35. The van der Waals surface area contributed by atoms with E-state index in [1.54, 1.807) is 13.8 Å². The van der Waals surface area contributed by atoms with Gasteiger partial charge in [0.1, 0.15) is 0 Å². The summed E-state index contributed by atoms with van der Waals surface area (Å²) in [6.45, 7) is 7.61. The van der Waals surface area contributed by atoms with Gasteiger partial charge in [0.15, 0.2) is 0 Å². The van der Waals surface area contributed by atoms with E-state index in [4.69, 9.17) is 10.8 Å². The molecule has 0 radical (unpaired) electrons. The fourth-order valence-corrected chi connectivity index (χ4v) is 1.56. The van der Waals surface area contributed by atoms with Crippen molar-refractivity contribution in [2.45, 2.75) is 40.2 Å². The lowest BCUT2D eigenvalue weighted by Crippen LogP contribution is -2.44. The summed E-state index contributed by atoms with van der Waals surface area (Å²) in [4.78, 5) is 22.6. The van der Waals surface area contributed by atoms with Crippen LogP contribution in [0.25, 0.3) is 0 Å². The van der Waals surface area contributed by atoms with E-state index in [0.717, 1.165) is 6.42 Å². The van der Waals surface area contributed by atoms with Crippen LogP contribution < -0.4 is 11.1 Å². The SMILES string of the molecule is CC(C)CC(CN)C(=O)NC(C)C(C)C(=O)O. The second-order valence-electron chi connectivity index (χ2n) is 4.99. The number of hydrogen-bond acceptors (Lipinski definition) is 3. The Kier molecular flexibility index (Phi) is 6.80. The number of rotatable bonds is 7. The fraction of sp³-hybridized carbons (Fsp3) is 0.833. The first-order valence-electron chi connectivity index (χ1n) is 6.02. The van der Waals surface area contributed by atoms with Crippen LogP contribution in [0.4, 0.5) is 0 Å². The first kappa shape index (κ1) is 15.9. The molecular formula is C12H24N2O3. The highest BCUT2D eigenvalue weighted by molar-refractivity contribution is 5.80. The van der Waals surface area contributed by atoms with Crippen LogP contribution in [0.2, 0.25) is 0 Å². The first-order chi connectivity index (χ1) is 7.79. The van der Waals surface area contributed by atoms with E-state index in [2.05, 4.69) is 5.32 Å². The molecule has 0 bridgehead atoms. The topological polar surface area (TPSA) is 92.4 Å². The van der Waals surface area contributed by atoms with Crippen molar-refractivity contribution >= 4 is 11.9 Å². The number of carbonyl (C=O) groups excluding carboxylic acids is 1. The highest BCUT2D eigenvalue weighted by atomic mass is 16.4. The third-order valence-corrected chi connectivity index (χ3v) is 2.92. The molecule has 5 heteroatoms. The van der Waals surface area contributed by atoms with Crippen LogP contribution in [0.3, 0.4) is 0 Å². The zero-order valence-electron chi connectivity index (χ0n) is 11.1. The van der Waals surface area contributed by atoms with E-state index in [1.807, 2.05) is 13.8 Å². The van der Waals surface area contributed by atoms with Crippen LogP contribution in [0.1, 0.15) is 34.1 Å². The molecule has 0 fully saturated rings. The second kappa shape index (κ2) is 7.27. The van der Waals surface area contributed by atoms with Crippen molar-refractivity contribution in [1.29, 1.82) is 0 Å².